The molecule has 0 aromatic heterocycles. The Kier molecular flexibility index (Phi) is 46.8. The zero-order valence-electron chi connectivity index (χ0n) is 87.4. The maximum atomic E-state index is 11.8. The molecule has 26 heteroatoms. The van der Waals surface area contributed by atoms with Gasteiger partial charge in [0.25, 0.3) is 0 Å². The minimum absolute atomic E-state index is 0. The van der Waals surface area contributed by atoms with Crippen LogP contribution in [0.5, 0.6) is 34.5 Å². The van der Waals surface area contributed by atoms with Gasteiger partial charge in [0.1, 0.15) is 76.3 Å². The number of carboxylic acid groups (broad SMARTS) is 1. The monoisotopic (exact) mass is 1900 g/mol. The second-order valence-electron chi connectivity index (χ2n) is 47.6. The number of benzene rings is 6. The molecule has 726 valence electrons. The number of phosphoric ester groups is 3. The van der Waals surface area contributed by atoms with Crippen LogP contribution >= 0.6 is 23.5 Å². The summed E-state index contributed by atoms with van der Waals surface area (Å²) in [6, 6.07) is 21.6. The fraction of sp³-hybridized carbons (Fsp3) is 0.648. The normalized spacial score (nSPS) is 13.7. The van der Waals surface area contributed by atoms with Crippen LogP contribution in [0.3, 0.4) is 0 Å². The summed E-state index contributed by atoms with van der Waals surface area (Å²) in [5, 5.41) is 79.6. The minimum atomic E-state index is -5.46. The third-order valence-corrected chi connectivity index (χ3v) is 24.4. The van der Waals surface area contributed by atoms with Crippen molar-refractivity contribution in [2.45, 2.75) is 442 Å². The first-order valence-electron chi connectivity index (χ1n) is 45.9. The number of hydrogen-bond acceptors (Lipinski definition) is 20. The van der Waals surface area contributed by atoms with Crippen LogP contribution in [-0.4, -0.2) is 71.3 Å². The van der Waals surface area contributed by atoms with Crippen LogP contribution in [0.25, 0.3) is 0 Å². The van der Waals surface area contributed by atoms with Crippen LogP contribution in [0.4, 0.5) is 0 Å². The molecule has 131 heavy (non-hydrogen) atoms. The van der Waals surface area contributed by atoms with Gasteiger partial charge < -0.3 is 97.2 Å². The summed E-state index contributed by atoms with van der Waals surface area (Å²) in [5.74, 6) is -1.67. The number of unbranched alkanes of at least 4 members (excludes halogenated alkanes) is 14. The summed E-state index contributed by atoms with van der Waals surface area (Å²) in [6.07, 6.45) is 15.5. The van der Waals surface area contributed by atoms with Crippen LogP contribution < -0.4 is 66.9 Å². The average molecular weight is 1900 g/mol. The summed E-state index contributed by atoms with van der Waals surface area (Å²) in [6.45, 7) is 73.4. The van der Waals surface area contributed by atoms with Crippen molar-refractivity contribution >= 4 is 64.2 Å². The Morgan fingerprint density at radius 1 is 0.275 bits per heavy atom. The molecule has 0 fully saturated rings. The van der Waals surface area contributed by atoms with Crippen molar-refractivity contribution in [2.75, 3.05) is 0 Å². The number of aliphatic hydroxyl groups is 3. The van der Waals surface area contributed by atoms with Gasteiger partial charge in [0.15, 0.2) is 0 Å². The fourth-order valence-corrected chi connectivity index (χ4v) is 16.2. The molecule has 0 heterocycles. The van der Waals surface area contributed by atoms with Gasteiger partial charge in [0.05, 0.1) is 0 Å². The van der Waals surface area contributed by atoms with Crippen LogP contribution in [-0.2, 0) is 83.5 Å². The molecule has 0 aliphatic heterocycles. The molecule has 0 amide bonds. The van der Waals surface area contributed by atoms with E-state index in [1.165, 1.54) is 83.5 Å². The zero-order chi connectivity index (χ0) is 99.6. The number of aromatic hydroxyl groups is 3. The zero-order valence-corrected chi connectivity index (χ0v) is 92.4. The smallest absolute Gasteiger partial charge is 0.780 e. The molecule has 0 aliphatic carbocycles. The molecule has 20 nitrogen and oxygen atoms in total. The average Bonchev–Trinajstić information content (AvgIpc) is 0.756. The van der Waals surface area contributed by atoms with Gasteiger partial charge in [-0.1, -0.05) is 382 Å². The maximum absolute atomic E-state index is 11.8. The number of carbonyl (C=O) groups excluding carboxylic acids is 1. The molecule has 0 saturated heterocycles. The second-order valence-corrected chi connectivity index (χ2v) is 50.8. The van der Waals surface area contributed by atoms with Gasteiger partial charge in [-0.2, -0.15) is 0 Å². The Bertz CT molecular complexity index is 4390. The largest absolute Gasteiger partial charge is 3.00 e. The first kappa shape index (κ1) is 127. The van der Waals surface area contributed by atoms with Crippen LogP contribution in [0.15, 0.2) is 72.8 Å². The summed E-state index contributed by atoms with van der Waals surface area (Å²) < 4.78 is 50.6. The van der Waals surface area contributed by atoms with Crippen LogP contribution in [0, 0.1) is 0 Å². The summed E-state index contributed by atoms with van der Waals surface area (Å²) >= 11 is 0. The fourth-order valence-electron chi connectivity index (χ4n) is 14.9. The number of aliphatic hydroxyl groups excluding tert-OH is 3. The molecule has 0 spiro atoms. The first-order valence-corrected chi connectivity index (χ1v) is 50.3. The molecule has 3 unspecified atom stereocenters. The Morgan fingerprint density at radius 2 is 0.427 bits per heavy atom. The Balaban J connectivity index is 0.00000174. The maximum Gasteiger partial charge on any atom is 3.00 e. The number of phenols is 3. The summed E-state index contributed by atoms with van der Waals surface area (Å²) in [7, 11) is -16.4. The van der Waals surface area contributed by atoms with E-state index in [2.05, 4.69) is 6.92 Å². The Labute approximate surface area is 823 Å². The van der Waals surface area contributed by atoms with Gasteiger partial charge in [0, 0.05) is 56.0 Å². The van der Waals surface area contributed by atoms with E-state index in [4.69, 9.17) is 13.6 Å². The van der Waals surface area contributed by atoms with Crippen molar-refractivity contribution in [1.29, 1.82) is 0 Å². The van der Waals surface area contributed by atoms with Crippen molar-refractivity contribution in [2.24, 2.45) is 0 Å². The number of phosphoric acid groups is 3. The van der Waals surface area contributed by atoms with E-state index >= 15 is 0 Å². The number of rotatable bonds is 28. The van der Waals surface area contributed by atoms with Gasteiger partial charge in [0.2, 0.25) is 0 Å². The molecule has 0 saturated carbocycles. The van der Waals surface area contributed by atoms with Crippen molar-refractivity contribution in [3.05, 3.63) is 173 Å². The number of hydrogen-bond donors (Lipinski definition) is 6. The molecule has 0 radical (unpaired) electrons. The number of carbonyl (C=O) groups is 1. The van der Waals surface area contributed by atoms with E-state index in [1.54, 1.807) is 36.4 Å². The van der Waals surface area contributed by atoms with E-state index in [0.29, 0.717) is 33.4 Å². The van der Waals surface area contributed by atoms with Crippen molar-refractivity contribution < 1.29 is 116 Å². The molecule has 6 aromatic rings. The van der Waals surface area contributed by atoms with E-state index in [1.807, 2.05) is 286 Å². The van der Waals surface area contributed by atoms with Crippen molar-refractivity contribution in [3.8, 4) is 34.5 Å². The second kappa shape index (κ2) is 48.4. The molecule has 6 rings (SSSR count). The van der Waals surface area contributed by atoms with E-state index in [0.717, 1.165) is 46.2 Å². The minimum Gasteiger partial charge on any atom is -0.780 e. The van der Waals surface area contributed by atoms with E-state index in [-0.39, 0.29) is 160 Å². The summed E-state index contributed by atoms with van der Waals surface area (Å²) in [5.41, 5.74) is 4.72. The van der Waals surface area contributed by atoms with E-state index < -0.39 is 80.2 Å². The topological polar surface area (TPSA) is 379 Å². The summed E-state index contributed by atoms with van der Waals surface area (Å²) in [4.78, 5) is 81.2. The van der Waals surface area contributed by atoms with Gasteiger partial charge in [-0.25, -0.2) is 0 Å². The predicted molar refractivity (Wildman–Crippen MR) is 521 cm³/mol. The number of aliphatic carboxylic acids is 1. The SMILES string of the molecule is CC(C)(C)c1cc(C(O)c2cc(C(C)(C)C)cc(C(C)(C)C)c2OP(=O)([O-])[O-])c(O)c(C(C)(C)C)c1.CC(C)(C)c1cc(C(O)c2cc(C(C)(C)C)cc(C(C)(C)C)c2OP(=O)([O-])[O-])c(O)c(C(C)(C)C)c1.CC(C)(C)c1cc(C(O)c2cc(C(C)(C)C)cc(C(C)(C)C)c2OP(=O)([O-])[O-])c(O)c(C(C)(C)C)c1.CCCCCCCCCCCCCCCCCC(=O)[O-].[Al+3].[Al+3].[Li+]. The number of phenolic OH excluding ortho intramolecular Hbond substituents is 3. The predicted octanol–water partition coefficient (Wildman–Crippen LogP) is 18.9. The van der Waals surface area contributed by atoms with Crippen LogP contribution in [0.1, 0.15) is 477 Å². The third-order valence-electron chi connectivity index (χ3n) is 23.2. The molecule has 6 aromatic carbocycles. The number of carboxylic acids is 1. The molecular weight excluding hydrogens is 1730 g/mol. The third kappa shape index (κ3) is 39.8. The van der Waals surface area contributed by atoms with Crippen LogP contribution in [0.2, 0.25) is 0 Å². The Morgan fingerprint density at radius 3 is 0.573 bits per heavy atom. The molecule has 0 bridgehead atoms. The standard InChI is InChI=1S/3C29H45O6P.C18H36O2.2Al.Li/c3*1-26(2,3)17-13-19(24(31)21(15-17)28(7,8)9)23(30)20-14-18(27(4,5)6)16-22(29(10,11)12)25(20)35-36(32,33)34;1-2-3-4-5-6-7-8-9-10-11-12-13-14-15-16-17-18(19)20;;;/h3*13-16,23,30-31H,1-12H3,(H2,32,33,34);2-17H2,1H3,(H,19,20);;;/q;;;;2*+3;+1/p-7. The molecule has 6 N–H and O–H groups in total. The Hall–Kier alpha value is -4.42. The molecule has 0 aliphatic rings. The van der Waals surface area contributed by atoms with Crippen molar-refractivity contribution in [1.82, 2.24) is 0 Å². The quantitative estimate of drug-likeness (QED) is 0.0151. The first-order chi connectivity index (χ1) is 57.3. The van der Waals surface area contributed by atoms with E-state index in [9.17, 15) is 83.6 Å². The molecule has 3 atom stereocenters. The van der Waals surface area contributed by atoms with Crippen molar-refractivity contribution in [3.63, 3.8) is 0 Å². The van der Waals surface area contributed by atoms with Gasteiger partial charge in [-0.05, 0) is 164 Å². The van der Waals surface area contributed by atoms with Gasteiger partial charge in [-0.15, -0.1) is 0 Å². The van der Waals surface area contributed by atoms with Gasteiger partial charge >= 0.3 is 53.6 Å². The van der Waals surface area contributed by atoms with Gasteiger partial charge in [-0.3, -0.25) is 0 Å². The molecular formula is C105H164Al2LiO20P3.